The van der Waals surface area contributed by atoms with E-state index in [0.29, 0.717) is 0 Å². The van der Waals surface area contributed by atoms with Crippen molar-refractivity contribution >= 4 is 17.4 Å². The molecule has 102 valence electrons. The van der Waals surface area contributed by atoms with Crippen LogP contribution in [-0.2, 0) is 0 Å². The first kappa shape index (κ1) is 13.8. The topological polar surface area (TPSA) is 64.5 Å². The standard InChI is InChI=1S/C16H16N2O2/c1-11-5-3-4-6-15(11)12(2)17-18-14-9-7-13(8-10-14)16(19)20/h3-10,18H,1-2H3,(H,19,20)/p-1/b17-12-. The number of carbonyl (C=O) groups is 1. The molecule has 2 aromatic rings. The van der Waals surface area contributed by atoms with Crippen LogP contribution >= 0.6 is 0 Å². The molecule has 0 atom stereocenters. The first-order valence-corrected chi connectivity index (χ1v) is 6.25. The highest BCUT2D eigenvalue weighted by molar-refractivity contribution is 6.00. The monoisotopic (exact) mass is 267 g/mol. The van der Waals surface area contributed by atoms with Crippen LogP contribution in [-0.4, -0.2) is 11.7 Å². The minimum atomic E-state index is -1.18. The Labute approximate surface area is 117 Å². The number of rotatable bonds is 4. The third-order valence-electron chi connectivity index (χ3n) is 3.01. The fourth-order valence-corrected chi connectivity index (χ4v) is 1.87. The normalized spacial score (nSPS) is 11.2. The number of hydrogen-bond acceptors (Lipinski definition) is 4. The lowest BCUT2D eigenvalue weighted by Gasteiger charge is -2.07. The van der Waals surface area contributed by atoms with E-state index in [1.54, 1.807) is 12.1 Å². The van der Waals surface area contributed by atoms with Gasteiger partial charge in [-0.1, -0.05) is 36.4 Å². The molecule has 0 heterocycles. The molecule has 1 N–H and O–H groups in total. The quantitative estimate of drug-likeness (QED) is 0.682. The molecule has 0 aliphatic heterocycles. The predicted molar refractivity (Wildman–Crippen MR) is 77.8 cm³/mol. The van der Waals surface area contributed by atoms with E-state index in [0.717, 1.165) is 22.5 Å². The Morgan fingerprint density at radius 2 is 1.75 bits per heavy atom. The van der Waals surface area contributed by atoms with Crippen LogP contribution in [0.15, 0.2) is 53.6 Å². The van der Waals surface area contributed by atoms with Gasteiger partial charge in [0.25, 0.3) is 0 Å². The number of carbonyl (C=O) groups excluding carboxylic acids is 1. The largest absolute Gasteiger partial charge is 0.545 e. The summed E-state index contributed by atoms with van der Waals surface area (Å²) in [4.78, 5) is 10.6. The van der Waals surface area contributed by atoms with Crippen molar-refractivity contribution in [2.45, 2.75) is 13.8 Å². The molecule has 20 heavy (non-hydrogen) atoms. The number of aryl methyl sites for hydroxylation is 1. The molecule has 0 aliphatic carbocycles. The summed E-state index contributed by atoms with van der Waals surface area (Å²) in [7, 11) is 0. The number of benzene rings is 2. The van der Waals surface area contributed by atoms with Gasteiger partial charge in [-0.3, -0.25) is 5.43 Å². The number of nitrogens with zero attached hydrogens (tertiary/aromatic N) is 1. The van der Waals surface area contributed by atoms with Crippen molar-refractivity contribution in [3.05, 3.63) is 65.2 Å². The molecule has 0 saturated heterocycles. The Balaban J connectivity index is 2.13. The van der Waals surface area contributed by atoms with E-state index < -0.39 is 5.97 Å². The second-order valence-corrected chi connectivity index (χ2v) is 4.49. The third-order valence-corrected chi connectivity index (χ3v) is 3.01. The summed E-state index contributed by atoms with van der Waals surface area (Å²) in [6, 6.07) is 14.3. The molecule has 2 rings (SSSR count). The number of nitrogens with one attached hydrogen (secondary N) is 1. The van der Waals surface area contributed by atoms with Crippen LogP contribution in [0.3, 0.4) is 0 Å². The van der Waals surface area contributed by atoms with E-state index in [9.17, 15) is 9.90 Å². The summed E-state index contributed by atoms with van der Waals surface area (Å²) in [5.74, 6) is -1.18. The highest BCUT2D eigenvalue weighted by Crippen LogP contribution is 2.11. The lowest BCUT2D eigenvalue weighted by atomic mass is 10.1. The zero-order valence-corrected chi connectivity index (χ0v) is 11.4. The summed E-state index contributed by atoms with van der Waals surface area (Å²) < 4.78 is 0. The van der Waals surface area contributed by atoms with Gasteiger partial charge < -0.3 is 9.90 Å². The van der Waals surface area contributed by atoms with Gasteiger partial charge in [0, 0.05) is 5.56 Å². The van der Waals surface area contributed by atoms with E-state index in [1.807, 2.05) is 38.1 Å². The highest BCUT2D eigenvalue weighted by atomic mass is 16.4. The fourth-order valence-electron chi connectivity index (χ4n) is 1.87. The second kappa shape index (κ2) is 6.02. The number of anilines is 1. The molecule has 0 bridgehead atoms. The van der Waals surface area contributed by atoms with E-state index in [-0.39, 0.29) is 5.56 Å². The van der Waals surface area contributed by atoms with Crippen LogP contribution in [0.2, 0.25) is 0 Å². The molecule has 0 fully saturated rings. The maximum absolute atomic E-state index is 10.6. The highest BCUT2D eigenvalue weighted by Gasteiger charge is 2.00. The smallest absolute Gasteiger partial charge is 0.0715 e. The van der Waals surface area contributed by atoms with Crippen molar-refractivity contribution in [2.75, 3.05) is 5.43 Å². The van der Waals surface area contributed by atoms with Gasteiger partial charge in [0.1, 0.15) is 0 Å². The molecule has 0 aliphatic rings. The van der Waals surface area contributed by atoms with Gasteiger partial charge in [0.2, 0.25) is 0 Å². The van der Waals surface area contributed by atoms with Crippen LogP contribution in [0.4, 0.5) is 5.69 Å². The van der Waals surface area contributed by atoms with Crippen molar-refractivity contribution < 1.29 is 9.90 Å². The minimum absolute atomic E-state index is 0.148. The van der Waals surface area contributed by atoms with Gasteiger partial charge >= 0.3 is 0 Å². The van der Waals surface area contributed by atoms with E-state index in [2.05, 4.69) is 10.5 Å². The second-order valence-electron chi connectivity index (χ2n) is 4.49. The van der Waals surface area contributed by atoms with Gasteiger partial charge in [0.05, 0.1) is 17.4 Å². The van der Waals surface area contributed by atoms with Crippen LogP contribution in [0, 0.1) is 6.92 Å². The Bertz CT molecular complexity index is 646. The molecular weight excluding hydrogens is 252 g/mol. The van der Waals surface area contributed by atoms with Crippen molar-refractivity contribution in [1.82, 2.24) is 0 Å². The summed E-state index contributed by atoms with van der Waals surface area (Å²) in [5, 5.41) is 14.9. The average molecular weight is 267 g/mol. The Morgan fingerprint density at radius 3 is 2.35 bits per heavy atom. The number of hydrazone groups is 1. The summed E-state index contributed by atoms with van der Waals surface area (Å²) in [6.07, 6.45) is 0. The number of carboxylic acid groups (broad SMARTS) is 1. The third kappa shape index (κ3) is 3.23. The van der Waals surface area contributed by atoms with Crippen LogP contribution in [0.5, 0.6) is 0 Å². The van der Waals surface area contributed by atoms with Crippen molar-refractivity contribution in [1.29, 1.82) is 0 Å². The first-order chi connectivity index (χ1) is 9.58. The predicted octanol–water partition coefficient (Wildman–Crippen LogP) is 2.19. The first-order valence-electron chi connectivity index (χ1n) is 6.25. The van der Waals surface area contributed by atoms with Gasteiger partial charge in [0.15, 0.2) is 0 Å². The lowest BCUT2D eigenvalue weighted by Crippen LogP contribution is -2.21. The van der Waals surface area contributed by atoms with Crippen molar-refractivity contribution in [3.63, 3.8) is 0 Å². The lowest BCUT2D eigenvalue weighted by molar-refractivity contribution is -0.255. The molecule has 0 saturated carbocycles. The SMILES string of the molecule is C/C(=N/Nc1ccc(C(=O)[O-])cc1)c1ccccc1C. The molecule has 2 aromatic carbocycles. The fraction of sp³-hybridized carbons (Fsp3) is 0.125. The van der Waals surface area contributed by atoms with Gasteiger partial charge in [-0.2, -0.15) is 5.10 Å². The zero-order valence-electron chi connectivity index (χ0n) is 11.4. The summed E-state index contributed by atoms with van der Waals surface area (Å²) in [6.45, 7) is 3.95. The number of carboxylic acids is 1. The molecule has 0 unspecified atom stereocenters. The van der Waals surface area contributed by atoms with E-state index >= 15 is 0 Å². The van der Waals surface area contributed by atoms with E-state index in [4.69, 9.17) is 0 Å². The van der Waals surface area contributed by atoms with Gasteiger partial charge in [-0.15, -0.1) is 0 Å². The molecule has 0 spiro atoms. The number of hydrogen-bond donors (Lipinski definition) is 1. The van der Waals surface area contributed by atoms with Crippen molar-refractivity contribution in [3.8, 4) is 0 Å². The maximum atomic E-state index is 10.6. The van der Waals surface area contributed by atoms with Crippen LogP contribution in [0.25, 0.3) is 0 Å². The summed E-state index contributed by atoms with van der Waals surface area (Å²) in [5.41, 5.74) is 6.88. The average Bonchev–Trinajstić information content (AvgIpc) is 2.45. The molecular formula is C16H15N2O2-. The van der Waals surface area contributed by atoms with E-state index in [1.165, 1.54) is 12.1 Å². The Hall–Kier alpha value is -2.62. The van der Waals surface area contributed by atoms with Crippen molar-refractivity contribution in [2.24, 2.45) is 5.10 Å². The molecule has 0 radical (unpaired) electrons. The Morgan fingerprint density at radius 1 is 1.10 bits per heavy atom. The number of aromatic carboxylic acids is 1. The summed E-state index contributed by atoms with van der Waals surface area (Å²) >= 11 is 0. The van der Waals surface area contributed by atoms with Crippen LogP contribution < -0.4 is 10.5 Å². The van der Waals surface area contributed by atoms with Gasteiger partial charge in [-0.05, 0) is 37.1 Å². The Kier molecular flexibility index (Phi) is 4.15. The minimum Gasteiger partial charge on any atom is -0.545 e. The zero-order chi connectivity index (χ0) is 14.5. The molecule has 0 aromatic heterocycles. The van der Waals surface area contributed by atoms with Crippen LogP contribution in [0.1, 0.15) is 28.4 Å². The molecule has 4 nitrogen and oxygen atoms in total. The molecule has 4 heteroatoms. The maximum Gasteiger partial charge on any atom is 0.0715 e. The molecule has 0 amide bonds. The van der Waals surface area contributed by atoms with Gasteiger partial charge in [-0.25, -0.2) is 0 Å².